The Balaban J connectivity index is 0.00000144. The molecule has 0 bridgehead atoms. The Kier molecular flexibility index (Phi) is 5.78. The number of hydrogen-bond donors (Lipinski definition) is 0. The van der Waals surface area contributed by atoms with Crippen LogP contribution in [0.3, 0.4) is 0 Å². The second kappa shape index (κ2) is 6.87. The van der Waals surface area contributed by atoms with Crippen LogP contribution < -0.4 is 21.5 Å². The van der Waals surface area contributed by atoms with Crippen molar-refractivity contribution in [1.82, 2.24) is 4.57 Å². The maximum absolute atomic E-state index is 2.27. The first-order valence-corrected chi connectivity index (χ1v) is 6.51. The van der Waals surface area contributed by atoms with Gasteiger partial charge in [-0.3, -0.25) is 0 Å². The van der Waals surface area contributed by atoms with E-state index in [2.05, 4.69) is 65.8 Å². The topological polar surface area (TPSA) is 8.81 Å². The Morgan fingerprint density at radius 2 is 1.94 bits per heavy atom. The Morgan fingerprint density at radius 1 is 1.24 bits per heavy atom. The van der Waals surface area contributed by atoms with Gasteiger partial charge in [0.15, 0.2) is 0 Å². The van der Waals surface area contributed by atoms with Crippen molar-refractivity contribution < 1.29 is 21.5 Å². The molecule has 0 saturated carbocycles. The quantitative estimate of drug-likeness (QED) is 0.553. The van der Waals surface area contributed by atoms with Crippen molar-refractivity contribution in [2.24, 2.45) is 7.05 Å². The number of benzene rings is 1. The zero-order valence-electron chi connectivity index (χ0n) is 10.1. The first-order chi connectivity index (χ1) is 7.81. The second-order valence-corrected chi connectivity index (χ2v) is 4.69. The molecule has 0 N–H and O–H groups in total. The van der Waals surface area contributed by atoms with E-state index in [4.69, 9.17) is 0 Å². The maximum atomic E-state index is 2.27. The minimum Gasteiger partial charge on any atom is -1.00 e. The summed E-state index contributed by atoms with van der Waals surface area (Å²) >= 11 is 1.88. The van der Waals surface area contributed by atoms with Gasteiger partial charge in [-0.05, 0) is 24.2 Å². The van der Waals surface area contributed by atoms with Gasteiger partial charge in [-0.1, -0.05) is 30.3 Å². The van der Waals surface area contributed by atoms with Gasteiger partial charge in [0.1, 0.15) is 12.4 Å². The van der Waals surface area contributed by atoms with Gasteiger partial charge in [0.05, 0.1) is 13.6 Å². The molecular formula is C13H17BrN2S. The standard InChI is InChI=1S/C13H17N2S.BrH/c1-3-15-10-9-14(2)13(15)16-11-12-7-5-4-6-8-12;/h4-10H,3,11H2,1-2H3;1H/q+1;/p-1. The zero-order chi connectivity index (χ0) is 11.4. The largest absolute Gasteiger partial charge is 1.00 e. The van der Waals surface area contributed by atoms with Crippen LogP contribution >= 0.6 is 11.8 Å². The van der Waals surface area contributed by atoms with Crippen LogP contribution in [0.1, 0.15) is 12.5 Å². The molecule has 0 aliphatic carbocycles. The van der Waals surface area contributed by atoms with E-state index in [1.807, 2.05) is 11.8 Å². The molecule has 0 aliphatic heterocycles. The molecule has 2 aromatic rings. The van der Waals surface area contributed by atoms with Gasteiger partial charge in [-0.15, -0.1) is 0 Å². The number of imidazole rings is 1. The summed E-state index contributed by atoms with van der Waals surface area (Å²) in [4.78, 5) is 0. The summed E-state index contributed by atoms with van der Waals surface area (Å²) in [5, 5.41) is 1.31. The van der Waals surface area contributed by atoms with E-state index in [0.29, 0.717) is 0 Å². The molecule has 92 valence electrons. The van der Waals surface area contributed by atoms with Crippen LogP contribution in [0.5, 0.6) is 0 Å². The molecular weight excluding hydrogens is 296 g/mol. The second-order valence-electron chi connectivity index (χ2n) is 3.75. The van der Waals surface area contributed by atoms with Gasteiger partial charge in [0, 0.05) is 5.75 Å². The summed E-state index contributed by atoms with van der Waals surface area (Å²) in [5.41, 5.74) is 1.37. The lowest BCUT2D eigenvalue weighted by atomic mass is 10.2. The minimum absolute atomic E-state index is 0. The normalized spacial score (nSPS) is 10.0. The number of aryl methyl sites for hydroxylation is 2. The van der Waals surface area contributed by atoms with Crippen molar-refractivity contribution in [1.29, 1.82) is 0 Å². The lowest BCUT2D eigenvalue weighted by Crippen LogP contribution is -3.00. The number of aromatic nitrogens is 2. The average Bonchev–Trinajstić information content (AvgIpc) is 2.69. The van der Waals surface area contributed by atoms with Gasteiger partial charge in [-0.2, -0.15) is 0 Å². The van der Waals surface area contributed by atoms with Gasteiger partial charge in [-0.25, -0.2) is 9.13 Å². The minimum atomic E-state index is 0. The molecule has 1 aromatic heterocycles. The summed E-state index contributed by atoms with van der Waals surface area (Å²) in [7, 11) is 2.10. The fourth-order valence-corrected chi connectivity index (χ4v) is 2.77. The number of nitrogens with zero attached hydrogens (tertiary/aromatic N) is 2. The van der Waals surface area contributed by atoms with Gasteiger partial charge < -0.3 is 17.0 Å². The van der Waals surface area contributed by atoms with E-state index in [1.165, 1.54) is 10.7 Å². The summed E-state index contributed by atoms with van der Waals surface area (Å²) in [5.74, 6) is 1.03. The Hall–Kier alpha value is -0.740. The molecule has 0 atom stereocenters. The fraction of sp³-hybridized carbons (Fsp3) is 0.308. The molecule has 2 nitrogen and oxygen atoms in total. The number of hydrogen-bond acceptors (Lipinski definition) is 1. The van der Waals surface area contributed by atoms with Crippen molar-refractivity contribution in [3.63, 3.8) is 0 Å². The van der Waals surface area contributed by atoms with E-state index < -0.39 is 0 Å². The third-order valence-electron chi connectivity index (χ3n) is 2.57. The Morgan fingerprint density at radius 3 is 2.59 bits per heavy atom. The highest BCUT2D eigenvalue weighted by Gasteiger charge is 2.13. The fourth-order valence-electron chi connectivity index (χ4n) is 1.66. The Bertz CT molecular complexity index is 454. The lowest BCUT2D eigenvalue weighted by molar-refractivity contribution is -0.709. The zero-order valence-corrected chi connectivity index (χ0v) is 12.5. The van der Waals surface area contributed by atoms with Crippen LogP contribution in [-0.4, -0.2) is 4.57 Å². The first kappa shape index (κ1) is 14.3. The van der Waals surface area contributed by atoms with E-state index >= 15 is 0 Å². The SMILES string of the molecule is CCn1cc[n+](C)c1SCc1ccccc1.[Br-]. The summed E-state index contributed by atoms with van der Waals surface area (Å²) in [6.07, 6.45) is 4.24. The molecule has 1 heterocycles. The van der Waals surface area contributed by atoms with E-state index in [-0.39, 0.29) is 17.0 Å². The van der Waals surface area contributed by atoms with Crippen LogP contribution in [0, 0.1) is 0 Å². The van der Waals surface area contributed by atoms with Gasteiger partial charge in [0.25, 0.3) is 0 Å². The highest BCUT2D eigenvalue weighted by atomic mass is 79.9. The van der Waals surface area contributed by atoms with Crippen molar-refractivity contribution in [2.75, 3.05) is 0 Å². The molecule has 2 rings (SSSR count). The average molecular weight is 313 g/mol. The van der Waals surface area contributed by atoms with Crippen molar-refractivity contribution in [3.8, 4) is 0 Å². The molecule has 0 amide bonds. The Labute approximate surface area is 117 Å². The molecule has 0 fully saturated rings. The van der Waals surface area contributed by atoms with Crippen LogP contribution in [0.4, 0.5) is 0 Å². The van der Waals surface area contributed by atoms with Crippen LogP contribution in [0.15, 0.2) is 47.9 Å². The van der Waals surface area contributed by atoms with Crippen LogP contribution in [0.2, 0.25) is 0 Å². The van der Waals surface area contributed by atoms with Crippen molar-refractivity contribution in [3.05, 3.63) is 48.3 Å². The molecule has 0 aliphatic rings. The van der Waals surface area contributed by atoms with Crippen LogP contribution in [0.25, 0.3) is 0 Å². The molecule has 4 heteroatoms. The monoisotopic (exact) mass is 312 g/mol. The maximum Gasteiger partial charge on any atom is 0.318 e. The highest BCUT2D eigenvalue weighted by Crippen LogP contribution is 2.19. The third kappa shape index (κ3) is 3.61. The molecule has 0 unspecified atom stereocenters. The van der Waals surface area contributed by atoms with Crippen molar-refractivity contribution >= 4 is 11.8 Å². The molecule has 17 heavy (non-hydrogen) atoms. The highest BCUT2D eigenvalue weighted by molar-refractivity contribution is 7.98. The van der Waals surface area contributed by atoms with E-state index in [9.17, 15) is 0 Å². The summed E-state index contributed by atoms with van der Waals surface area (Å²) in [6.45, 7) is 3.20. The lowest BCUT2D eigenvalue weighted by Gasteiger charge is -2.00. The predicted molar refractivity (Wildman–Crippen MR) is 67.3 cm³/mol. The van der Waals surface area contributed by atoms with Gasteiger partial charge >= 0.3 is 5.16 Å². The number of halogens is 1. The smallest absolute Gasteiger partial charge is 0.318 e. The first-order valence-electron chi connectivity index (χ1n) is 5.52. The van der Waals surface area contributed by atoms with Crippen LogP contribution in [-0.2, 0) is 19.3 Å². The molecule has 0 radical (unpaired) electrons. The number of thioether (sulfide) groups is 1. The molecule has 0 saturated heterocycles. The van der Waals surface area contributed by atoms with E-state index in [1.54, 1.807) is 0 Å². The summed E-state index contributed by atoms with van der Waals surface area (Å²) < 4.78 is 4.45. The van der Waals surface area contributed by atoms with Gasteiger partial charge in [0.2, 0.25) is 0 Å². The third-order valence-corrected chi connectivity index (χ3v) is 3.83. The van der Waals surface area contributed by atoms with Crippen molar-refractivity contribution in [2.45, 2.75) is 24.4 Å². The number of rotatable bonds is 4. The molecule has 0 spiro atoms. The van der Waals surface area contributed by atoms with E-state index in [0.717, 1.165) is 12.3 Å². The predicted octanol–water partition coefficient (Wildman–Crippen LogP) is -0.371. The molecule has 1 aromatic carbocycles. The summed E-state index contributed by atoms with van der Waals surface area (Å²) in [6, 6.07) is 10.6.